The third kappa shape index (κ3) is 2.31. The Morgan fingerprint density at radius 1 is 1.32 bits per heavy atom. The lowest BCUT2D eigenvalue weighted by atomic mass is 9.94. The fourth-order valence-corrected chi connectivity index (χ4v) is 2.41. The van der Waals surface area contributed by atoms with Crippen molar-refractivity contribution in [3.63, 3.8) is 0 Å². The highest BCUT2D eigenvalue weighted by Crippen LogP contribution is 2.32. The van der Waals surface area contributed by atoms with E-state index in [0.717, 1.165) is 5.56 Å². The van der Waals surface area contributed by atoms with Crippen molar-refractivity contribution in [2.24, 2.45) is 0 Å². The monoisotopic (exact) mass is 260 g/mol. The van der Waals surface area contributed by atoms with Gasteiger partial charge in [-0.25, -0.2) is 4.39 Å². The number of hydrogen-bond donors (Lipinski definition) is 0. The molecule has 2 aromatic rings. The van der Waals surface area contributed by atoms with E-state index in [-0.39, 0.29) is 18.0 Å². The highest BCUT2D eigenvalue weighted by molar-refractivity contribution is 5.93. The number of halogens is 1. The summed E-state index contributed by atoms with van der Waals surface area (Å²) in [5.41, 5.74) is 1.43. The van der Waals surface area contributed by atoms with Gasteiger partial charge in [0.2, 0.25) is 5.78 Å². The summed E-state index contributed by atoms with van der Waals surface area (Å²) in [7, 11) is 0. The molecule has 2 heterocycles. The molecule has 0 spiro atoms. The van der Waals surface area contributed by atoms with Crippen molar-refractivity contribution in [3.05, 3.63) is 59.3 Å². The Hall–Kier alpha value is -1.94. The highest BCUT2D eigenvalue weighted by atomic mass is 19.1. The van der Waals surface area contributed by atoms with E-state index in [9.17, 15) is 9.18 Å². The van der Waals surface area contributed by atoms with Crippen LogP contribution in [0.2, 0.25) is 0 Å². The van der Waals surface area contributed by atoms with E-state index >= 15 is 0 Å². The predicted octanol–water partition coefficient (Wildman–Crippen LogP) is 3.31. The van der Waals surface area contributed by atoms with Crippen molar-refractivity contribution in [3.8, 4) is 0 Å². The Balaban J connectivity index is 1.84. The summed E-state index contributed by atoms with van der Waals surface area (Å²) in [4.78, 5) is 12.0. The molecule has 0 N–H and O–H groups in total. The van der Waals surface area contributed by atoms with E-state index in [1.165, 1.54) is 12.3 Å². The van der Waals surface area contributed by atoms with Gasteiger partial charge in [0.1, 0.15) is 5.82 Å². The van der Waals surface area contributed by atoms with Crippen molar-refractivity contribution < 1.29 is 18.3 Å². The number of ketones is 1. The van der Waals surface area contributed by atoms with Gasteiger partial charge in [0.25, 0.3) is 0 Å². The molecule has 1 aromatic carbocycles. The number of carbonyl (C=O) groups excluding carboxylic acids is 1. The Labute approximate surface area is 110 Å². The van der Waals surface area contributed by atoms with Crippen LogP contribution in [0.25, 0.3) is 0 Å². The number of hydrogen-bond acceptors (Lipinski definition) is 3. The van der Waals surface area contributed by atoms with E-state index in [2.05, 4.69) is 0 Å². The minimum atomic E-state index is -0.392. The van der Waals surface area contributed by atoms with Gasteiger partial charge < -0.3 is 9.15 Å². The number of furan rings is 1. The van der Waals surface area contributed by atoms with Crippen LogP contribution in [-0.2, 0) is 11.2 Å². The number of rotatable bonds is 3. The molecule has 19 heavy (non-hydrogen) atoms. The van der Waals surface area contributed by atoms with Gasteiger partial charge in [-0.05, 0) is 35.7 Å². The largest absolute Gasteiger partial charge is 0.461 e. The molecule has 0 aliphatic carbocycles. The van der Waals surface area contributed by atoms with Gasteiger partial charge >= 0.3 is 0 Å². The highest BCUT2D eigenvalue weighted by Gasteiger charge is 2.26. The zero-order valence-electron chi connectivity index (χ0n) is 10.3. The summed E-state index contributed by atoms with van der Waals surface area (Å²) < 4.78 is 24.4. The van der Waals surface area contributed by atoms with Gasteiger partial charge in [-0.3, -0.25) is 4.79 Å². The molecular weight excluding hydrogens is 247 g/mol. The van der Waals surface area contributed by atoms with Crippen LogP contribution in [-0.4, -0.2) is 12.4 Å². The second-order valence-corrected chi connectivity index (χ2v) is 4.52. The predicted molar refractivity (Wildman–Crippen MR) is 66.5 cm³/mol. The van der Waals surface area contributed by atoms with Crippen LogP contribution in [0.5, 0.6) is 0 Å². The first-order chi connectivity index (χ1) is 9.25. The zero-order valence-corrected chi connectivity index (χ0v) is 10.3. The Bertz CT molecular complexity index is 589. The molecule has 0 amide bonds. The third-order valence-corrected chi connectivity index (χ3v) is 3.34. The van der Waals surface area contributed by atoms with Crippen LogP contribution in [0.15, 0.2) is 41.0 Å². The van der Waals surface area contributed by atoms with E-state index in [0.29, 0.717) is 24.4 Å². The molecule has 0 saturated carbocycles. The van der Waals surface area contributed by atoms with Gasteiger partial charge in [-0.2, -0.15) is 0 Å². The number of Topliss-reactive ketones (excluding diaryl/α,β-unsaturated/α-hetero) is 1. The average Bonchev–Trinajstić information content (AvgIpc) is 2.94. The quantitative estimate of drug-likeness (QED) is 0.795. The summed E-state index contributed by atoms with van der Waals surface area (Å²) in [6.07, 6.45) is 1.79. The molecular formula is C15H13FO3. The molecule has 98 valence electrons. The lowest BCUT2D eigenvalue weighted by Gasteiger charge is -2.25. The van der Waals surface area contributed by atoms with Crippen LogP contribution in [0.3, 0.4) is 0 Å². The second kappa shape index (κ2) is 4.97. The van der Waals surface area contributed by atoms with Crippen LogP contribution in [0.4, 0.5) is 4.39 Å². The summed E-state index contributed by atoms with van der Waals surface area (Å²) in [6.45, 7) is 0.435. The van der Waals surface area contributed by atoms with E-state index < -0.39 is 6.10 Å². The van der Waals surface area contributed by atoms with Gasteiger partial charge in [-0.1, -0.05) is 12.1 Å². The smallest absolute Gasteiger partial charge is 0.200 e. The molecule has 1 aliphatic heterocycles. The van der Waals surface area contributed by atoms with Gasteiger partial charge in [0.15, 0.2) is 5.76 Å². The molecule has 3 nitrogen and oxygen atoms in total. The molecule has 0 bridgehead atoms. The van der Waals surface area contributed by atoms with E-state index in [1.54, 1.807) is 18.2 Å². The SMILES string of the molecule is O=C(C[C@H]1OCCc2c(F)cccc21)c1ccco1. The maximum atomic E-state index is 13.7. The zero-order chi connectivity index (χ0) is 13.2. The van der Waals surface area contributed by atoms with Crippen LogP contribution < -0.4 is 0 Å². The Kier molecular flexibility index (Phi) is 3.17. The maximum absolute atomic E-state index is 13.7. The third-order valence-electron chi connectivity index (χ3n) is 3.34. The molecule has 0 saturated heterocycles. The van der Waals surface area contributed by atoms with Crippen molar-refractivity contribution in [1.29, 1.82) is 0 Å². The van der Waals surface area contributed by atoms with Gasteiger partial charge in [0.05, 0.1) is 19.0 Å². The minimum absolute atomic E-state index is 0.132. The summed E-state index contributed by atoms with van der Waals surface area (Å²) >= 11 is 0. The van der Waals surface area contributed by atoms with Crippen molar-refractivity contribution >= 4 is 5.78 Å². The molecule has 0 fully saturated rings. The van der Waals surface area contributed by atoms with Crippen molar-refractivity contribution in [2.45, 2.75) is 18.9 Å². The molecule has 1 aliphatic rings. The Morgan fingerprint density at radius 3 is 3.00 bits per heavy atom. The second-order valence-electron chi connectivity index (χ2n) is 4.52. The number of fused-ring (bicyclic) bond motifs is 1. The van der Waals surface area contributed by atoms with Crippen molar-refractivity contribution in [1.82, 2.24) is 0 Å². The number of ether oxygens (including phenoxy) is 1. The molecule has 0 radical (unpaired) electrons. The molecule has 0 unspecified atom stereocenters. The fourth-order valence-electron chi connectivity index (χ4n) is 2.41. The first-order valence-electron chi connectivity index (χ1n) is 6.21. The van der Waals surface area contributed by atoms with E-state index in [1.807, 2.05) is 6.07 Å². The topological polar surface area (TPSA) is 39.4 Å². The number of carbonyl (C=O) groups is 1. The summed E-state index contributed by atoms with van der Waals surface area (Å²) in [6, 6.07) is 8.20. The Morgan fingerprint density at radius 2 is 2.21 bits per heavy atom. The maximum Gasteiger partial charge on any atom is 0.200 e. The van der Waals surface area contributed by atoms with Gasteiger partial charge in [0, 0.05) is 6.42 Å². The van der Waals surface area contributed by atoms with Crippen molar-refractivity contribution in [2.75, 3.05) is 6.61 Å². The lowest BCUT2D eigenvalue weighted by molar-refractivity contribution is 0.0334. The van der Waals surface area contributed by atoms with Crippen LogP contribution in [0.1, 0.15) is 34.2 Å². The first-order valence-corrected chi connectivity index (χ1v) is 6.21. The summed E-state index contributed by atoms with van der Waals surface area (Å²) in [5, 5.41) is 0. The fraction of sp³-hybridized carbons (Fsp3) is 0.267. The molecule has 1 atom stereocenters. The van der Waals surface area contributed by atoms with Crippen LogP contribution in [0, 0.1) is 5.82 Å². The molecule has 1 aromatic heterocycles. The minimum Gasteiger partial charge on any atom is -0.461 e. The van der Waals surface area contributed by atoms with Gasteiger partial charge in [-0.15, -0.1) is 0 Å². The normalized spacial score (nSPS) is 18.1. The average molecular weight is 260 g/mol. The lowest BCUT2D eigenvalue weighted by Crippen LogP contribution is -2.20. The molecule has 3 rings (SSSR count). The molecule has 4 heteroatoms. The first kappa shape index (κ1) is 12.1. The number of benzene rings is 1. The summed E-state index contributed by atoms with van der Waals surface area (Å²) in [5.74, 6) is -0.0458. The standard InChI is InChI=1S/C15H13FO3/c16-12-4-1-3-11-10(12)6-8-19-15(11)9-13(17)14-5-2-7-18-14/h1-5,7,15H,6,8-9H2/t15-/m1/s1. The van der Waals surface area contributed by atoms with Crippen LogP contribution >= 0.6 is 0 Å². The van der Waals surface area contributed by atoms with E-state index in [4.69, 9.17) is 9.15 Å².